The molecule has 0 amide bonds. The average Bonchev–Trinajstić information content (AvgIpc) is 2.59. The molecule has 4 nitrogen and oxygen atoms in total. The van der Waals surface area contributed by atoms with E-state index < -0.39 is 5.97 Å². The van der Waals surface area contributed by atoms with Gasteiger partial charge in [0.25, 0.3) is 0 Å². The molecule has 0 spiro atoms. The highest BCUT2D eigenvalue weighted by molar-refractivity contribution is 5.75. The van der Waals surface area contributed by atoms with Gasteiger partial charge in [0.05, 0.1) is 11.0 Å². The molecule has 78 valence electrons. The van der Waals surface area contributed by atoms with Crippen molar-refractivity contribution in [1.82, 2.24) is 9.97 Å². The lowest BCUT2D eigenvalue weighted by Gasteiger charge is -1.93. The Morgan fingerprint density at radius 2 is 2.40 bits per heavy atom. The van der Waals surface area contributed by atoms with Crippen LogP contribution in [-0.4, -0.2) is 21.0 Å². The first kappa shape index (κ1) is 9.71. The van der Waals surface area contributed by atoms with Crippen molar-refractivity contribution < 1.29 is 9.90 Å². The Bertz CT molecular complexity index is 443. The van der Waals surface area contributed by atoms with Crippen LogP contribution in [0.4, 0.5) is 0 Å². The zero-order valence-electron chi connectivity index (χ0n) is 8.23. The molecule has 0 saturated heterocycles. The summed E-state index contributed by atoms with van der Waals surface area (Å²) in [4.78, 5) is 17.8. The normalized spacial score (nSPS) is 10.7. The summed E-state index contributed by atoms with van der Waals surface area (Å²) in [7, 11) is 0. The summed E-state index contributed by atoms with van der Waals surface area (Å²) in [6.45, 7) is 0. The summed E-state index contributed by atoms with van der Waals surface area (Å²) in [6.07, 6.45) is 3.37. The second-order valence-corrected chi connectivity index (χ2v) is 3.48. The van der Waals surface area contributed by atoms with Crippen molar-refractivity contribution in [1.29, 1.82) is 0 Å². The van der Waals surface area contributed by atoms with Crippen molar-refractivity contribution in [3.8, 4) is 0 Å². The van der Waals surface area contributed by atoms with Crippen molar-refractivity contribution in [3.05, 3.63) is 30.1 Å². The summed E-state index contributed by atoms with van der Waals surface area (Å²) in [6, 6.07) is 5.81. The maximum Gasteiger partial charge on any atom is 0.303 e. The number of hydrogen-bond acceptors (Lipinski definition) is 2. The van der Waals surface area contributed by atoms with Crippen molar-refractivity contribution >= 4 is 17.0 Å². The lowest BCUT2D eigenvalue weighted by atomic mass is 10.2. The van der Waals surface area contributed by atoms with Gasteiger partial charge in [-0.1, -0.05) is 0 Å². The van der Waals surface area contributed by atoms with E-state index >= 15 is 0 Å². The fraction of sp³-hybridized carbons (Fsp3) is 0.273. The van der Waals surface area contributed by atoms with Crippen LogP contribution in [0, 0.1) is 0 Å². The number of carboxylic acid groups (broad SMARTS) is 1. The minimum atomic E-state index is -0.746. The van der Waals surface area contributed by atoms with Crippen LogP contribution in [-0.2, 0) is 11.2 Å². The molecule has 2 aromatic rings. The Kier molecular flexibility index (Phi) is 2.67. The molecule has 0 aliphatic rings. The zero-order chi connectivity index (χ0) is 10.7. The van der Waals surface area contributed by atoms with Crippen molar-refractivity contribution in [2.75, 3.05) is 0 Å². The average molecular weight is 204 g/mol. The van der Waals surface area contributed by atoms with Gasteiger partial charge in [0.15, 0.2) is 0 Å². The number of aryl methyl sites for hydroxylation is 1. The number of H-pyrrole nitrogens is 1. The summed E-state index contributed by atoms with van der Waals surface area (Å²) >= 11 is 0. The van der Waals surface area contributed by atoms with Crippen molar-refractivity contribution in [2.24, 2.45) is 0 Å². The monoisotopic (exact) mass is 204 g/mol. The Balaban J connectivity index is 2.05. The van der Waals surface area contributed by atoms with Crippen LogP contribution in [0.1, 0.15) is 18.5 Å². The fourth-order valence-corrected chi connectivity index (χ4v) is 1.58. The van der Waals surface area contributed by atoms with Gasteiger partial charge in [-0.15, -0.1) is 0 Å². The van der Waals surface area contributed by atoms with Gasteiger partial charge < -0.3 is 10.1 Å². The van der Waals surface area contributed by atoms with Gasteiger partial charge in [-0.05, 0) is 31.0 Å². The first-order valence-electron chi connectivity index (χ1n) is 4.90. The molecule has 15 heavy (non-hydrogen) atoms. The molecule has 4 heteroatoms. The third kappa shape index (κ3) is 2.34. The fourth-order valence-electron chi connectivity index (χ4n) is 1.58. The molecular formula is C11H12N2O2. The molecular weight excluding hydrogens is 192 g/mol. The molecule has 0 fully saturated rings. The Morgan fingerprint density at radius 1 is 1.53 bits per heavy atom. The number of rotatable bonds is 4. The van der Waals surface area contributed by atoms with E-state index in [9.17, 15) is 4.79 Å². The van der Waals surface area contributed by atoms with E-state index in [1.807, 2.05) is 18.2 Å². The largest absolute Gasteiger partial charge is 0.481 e. The Morgan fingerprint density at radius 3 is 3.13 bits per heavy atom. The topological polar surface area (TPSA) is 66.0 Å². The van der Waals surface area contributed by atoms with Gasteiger partial charge in [0.1, 0.15) is 0 Å². The second kappa shape index (κ2) is 4.13. The van der Waals surface area contributed by atoms with Crippen LogP contribution < -0.4 is 0 Å². The zero-order valence-corrected chi connectivity index (χ0v) is 8.23. The lowest BCUT2D eigenvalue weighted by molar-refractivity contribution is -0.137. The van der Waals surface area contributed by atoms with Crippen LogP contribution in [0.15, 0.2) is 24.4 Å². The van der Waals surface area contributed by atoms with Crippen LogP contribution in [0.5, 0.6) is 0 Å². The number of aliphatic carboxylic acids is 1. The van der Waals surface area contributed by atoms with E-state index in [0.717, 1.165) is 23.1 Å². The molecule has 0 aliphatic heterocycles. The Labute approximate surface area is 87.0 Å². The highest BCUT2D eigenvalue weighted by atomic mass is 16.4. The number of fused-ring (bicyclic) bond motifs is 1. The van der Waals surface area contributed by atoms with Gasteiger partial charge in [-0.3, -0.25) is 9.78 Å². The van der Waals surface area contributed by atoms with Gasteiger partial charge in [-0.25, -0.2) is 0 Å². The predicted octanol–water partition coefficient (Wildman–Crippen LogP) is 1.97. The number of aromatic nitrogens is 2. The van der Waals surface area contributed by atoms with Gasteiger partial charge >= 0.3 is 5.97 Å². The van der Waals surface area contributed by atoms with E-state index in [-0.39, 0.29) is 6.42 Å². The highest BCUT2D eigenvalue weighted by Crippen LogP contribution is 2.13. The molecule has 0 bridgehead atoms. The molecule has 2 N–H and O–H groups in total. The van der Waals surface area contributed by atoms with Gasteiger partial charge in [0.2, 0.25) is 0 Å². The van der Waals surface area contributed by atoms with Crippen LogP contribution >= 0.6 is 0 Å². The van der Waals surface area contributed by atoms with Gasteiger partial charge in [-0.2, -0.15) is 0 Å². The van der Waals surface area contributed by atoms with E-state index in [0.29, 0.717) is 6.42 Å². The molecule has 2 heterocycles. The number of aromatic amines is 1. The van der Waals surface area contributed by atoms with E-state index in [1.165, 1.54) is 0 Å². The number of hydrogen-bond donors (Lipinski definition) is 2. The molecule has 0 saturated carbocycles. The van der Waals surface area contributed by atoms with E-state index in [2.05, 4.69) is 9.97 Å². The molecule has 0 unspecified atom stereocenters. The molecule has 2 rings (SSSR count). The Hall–Kier alpha value is -1.84. The molecule has 2 aromatic heterocycles. The predicted molar refractivity (Wildman–Crippen MR) is 56.7 cm³/mol. The number of nitrogens with zero attached hydrogens (tertiary/aromatic N) is 1. The van der Waals surface area contributed by atoms with Crippen molar-refractivity contribution in [2.45, 2.75) is 19.3 Å². The molecule has 0 aromatic carbocycles. The number of pyridine rings is 1. The number of carboxylic acids is 1. The third-order valence-corrected chi connectivity index (χ3v) is 2.28. The number of nitrogens with one attached hydrogen (secondary N) is 1. The minimum Gasteiger partial charge on any atom is -0.481 e. The first-order valence-corrected chi connectivity index (χ1v) is 4.90. The summed E-state index contributed by atoms with van der Waals surface area (Å²) in [5.74, 6) is -0.746. The maximum atomic E-state index is 10.3. The van der Waals surface area contributed by atoms with Crippen LogP contribution in [0.25, 0.3) is 11.0 Å². The SMILES string of the molecule is O=C(O)CCCc1cc2ncccc2[nH]1. The molecule has 0 atom stereocenters. The number of carbonyl (C=O) groups is 1. The summed E-state index contributed by atoms with van der Waals surface area (Å²) in [5, 5.41) is 8.51. The highest BCUT2D eigenvalue weighted by Gasteiger charge is 2.02. The quantitative estimate of drug-likeness (QED) is 0.800. The van der Waals surface area contributed by atoms with Crippen LogP contribution in [0.3, 0.4) is 0 Å². The second-order valence-electron chi connectivity index (χ2n) is 3.48. The van der Waals surface area contributed by atoms with E-state index in [1.54, 1.807) is 6.20 Å². The lowest BCUT2D eigenvalue weighted by Crippen LogP contribution is -1.95. The maximum absolute atomic E-state index is 10.3. The molecule has 0 aliphatic carbocycles. The van der Waals surface area contributed by atoms with Crippen LogP contribution in [0.2, 0.25) is 0 Å². The van der Waals surface area contributed by atoms with Gasteiger partial charge in [0, 0.05) is 18.3 Å². The van der Waals surface area contributed by atoms with Crippen molar-refractivity contribution in [3.63, 3.8) is 0 Å². The molecule has 0 radical (unpaired) electrons. The first-order chi connectivity index (χ1) is 7.25. The third-order valence-electron chi connectivity index (χ3n) is 2.28. The standard InChI is InChI=1S/C11H12N2O2/c14-11(15)5-1-3-8-7-10-9(13-8)4-2-6-12-10/h2,4,6-7,13H,1,3,5H2,(H,14,15). The van der Waals surface area contributed by atoms with E-state index in [4.69, 9.17) is 5.11 Å². The smallest absolute Gasteiger partial charge is 0.303 e. The summed E-state index contributed by atoms with van der Waals surface area (Å²) < 4.78 is 0. The summed E-state index contributed by atoms with van der Waals surface area (Å²) in [5.41, 5.74) is 2.98. The minimum absolute atomic E-state index is 0.211.